The lowest BCUT2D eigenvalue weighted by Crippen LogP contribution is -2.33. The molecule has 0 fully saturated rings. The standard InChI is InChI=1S/C18H25N3O4/c1-11(2)16(17-19-7-8-21(17)3)20-18(22)12-9-14(24-5)15(25-6)10-13(12)23-4/h7-11,16H,1-6H3,(H,20,22)/t16-/m1/s1. The molecule has 0 aliphatic heterocycles. The zero-order valence-corrected chi connectivity index (χ0v) is 15.5. The Morgan fingerprint density at radius 2 is 1.68 bits per heavy atom. The van der Waals surface area contributed by atoms with Crippen LogP contribution in [-0.4, -0.2) is 36.8 Å². The normalized spacial score (nSPS) is 12.0. The maximum absolute atomic E-state index is 12.9. The van der Waals surface area contributed by atoms with Gasteiger partial charge in [0, 0.05) is 31.6 Å². The van der Waals surface area contributed by atoms with Crippen LogP contribution >= 0.6 is 0 Å². The minimum atomic E-state index is -0.264. The van der Waals surface area contributed by atoms with Gasteiger partial charge in [0.2, 0.25) is 0 Å². The summed E-state index contributed by atoms with van der Waals surface area (Å²) < 4.78 is 17.8. The number of nitrogens with one attached hydrogen (secondary N) is 1. The van der Waals surface area contributed by atoms with Gasteiger partial charge >= 0.3 is 0 Å². The van der Waals surface area contributed by atoms with Gasteiger partial charge in [-0.05, 0) is 5.92 Å². The van der Waals surface area contributed by atoms with Gasteiger partial charge in [-0.15, -0.1) is 0 Å². The Hall–Kier alpha value is -2.70. The van der Waals surface area contributed by atoms with E-state index in [1.54, 1.807) is 18.3 Å². The second-order valence-electron chi connectivity index (χ2n) is 6.00. The molecule has 136 valence electrons. The fraction of sp³-hybridized carbons (Fsp3) is 0.444. The largest absolute Gasteiger partial charge is 0.496 e. The summed E-state index contributed by atoms with van der Waals surface area (Å²) in [7, 11) is 6.47. The second kappa shape index (κ2) is 7.92. The number of hydrogen-bond donors (Lipinski definition) is 1. The summed E-state index contributed by atoms with van der Waals surface area (Å²) in [6.07, 6.45) is 3.57. The summed E-state index contributed by atoms with van der Waals surface area (Å²) in [5.41, 5.74) is 0.375. The number of nitrogens with zero attached hydrogens (tertiary/aromatic N) is 2. The average Bonchev–Trinajstić information content (AvgIpc) is 3.03. The first-order chi connectivity index (χ1) is 11.9. The van der Waals surface area contributed by atoms with Crippen molar-refractivity contribution in [3.63, 3.8) is 0 Å². The van der Waals surface area contributed by atoms with E-state index in [9.17, 15) is 4.79 Å². The van der Waals surface area contributed by atoms with Gasteiger partial charge < -0.3 is 24.1 Å². The first-order valence-electron chi connectivity index (χ1n) is 8.01. The van der Waals surface area contributed by atoms with Crippen LogP contribution in [0.25, 0.3) is 0 Å². The van der Waals surface area contributed by atoms with Crippen LogP contribution in [0.2, 0.25) is 0 Å². The number of ether oxygens (including phenoxy) is 3. The van der Waals surface area contributed by atoms with Crippen molar-refractivity contribution in [1.82, 2.24) is 14.9 Å². The lowest BCUT2D eigenvalue weighted by molar-refractivity contribution is 0.0919. The summed E-state index contributed by atoms with van der Waals surface area (Å²) in [5, 5.41) is 3.04. The fourth-order valence-electron chi connectivity index (χ4n) is 2.63. The Balaban J connectivity index is 2.37. The van der Waals surface area contributed by atoms with Crippen molar-refractivity contribution in [1.29, 1.82) is 0 Å². The van der Waals surface area contributed by atoms with Crippen molar-refractivity contribution in [3.05, 3.63) is 35.9 Å². The number of amides is 1. The molecule has 7 nitrogen and oxygen atoms in total. The minimum Gasteiger partial charge on any atom is -0.496 e. The van der Waals surface area contributed by atoms with E-state index in [1.807, 2.05) is 31.7 Å². The predicted molar refractivity (Wildman–Crippen MR) is 94.4 cm³/mol. The fourth-order valence-corrected chi connectivity index (χ4v) is 2.63. The molecule has 0 saturated heterocycles. The van der Waals surface area contributed by atoms with Crippen molar-refractivity contribution in [2.75, 3.05) is 21.3 Å². The van der Waals surface area contributed by atoms with E-state index in [1.165, 1.54) is 21.3 Å². The van der Waals surface area contributed by atoms with Crippen molar-refractivity contribution < 1.29 is 19.0 Å². The Kier molecular flexibility index (Phi) is 5.90. The van der Waals surface area contributed by atoms with Crippen LogP contribution in [0, 0.1) is 5.92 Å². The van der Waals surface area contributed by atoms with Crippen LogP contribution in [0.3, 0.4) is 0 Å². The Bertz CT molecular complexity index is 740. The summed E-state index contributed by atoms with van der Waals surface area (Å²) in [4.78, 5) is 17.2. The molecule has 1 atom stereocenters. The molecule has 25 heavy (non-hydrogen) atoms. The smallest absolute Gasteiger partial charge is 0.255 e. The molecule has 7 heteroatoms. The van der Waals surface area contributed by atoms with E-state index in [0.29, 0.717) is 22.8 Å². The van der Waals surface area contributed by atoms with Crippen molar-refractivity contribution >= 4 is 5.91 Å². The monoisotopic (exact) mass is 347 g/mol. The molecule has 0 unspecified atom stereocenters. The number of aryl methyl sites for hydroxylation is 1. The van der Waals surface area contributed by atoms with Gasteiger partial charge in [-0.2, -0.15) is 0 Å². The first kappa shape index (κ1) is 18.6. The predicted octanol–water partition coefficient (Wildman–Crippen LogP) is 2.57. The lowest BCUT2D eigenvalue weighted by atomic mass is 10.0. The number of imidazole rings is 1. The topological polar surface area (TPSA) is 74.6 Å². The highest BCUT2D eigenvalue weighted by Crippen LogP contribution is 2.35. The van der Waals surface area contributed by atoms with E-state index in [0.717, 1.165) is 5.82 Å². The molecule has 0 saturated carbocycles. The molecule has 0 spiro atoms. The number of benzene rings is 1. The van der Waals surface area contributed by atoms with Crippen LogP contribution in [-0.2, 0) is 7.05 Å². The quantitative estimate of drug-likeness (QED) is 0.833. The summed E-state index contributed by atoms with van der Waals surface area (Å²) in [5.74, 6) is 2.07. The Labute approximate surface area is 147 Å². The molecule has 1 amide bonds. The van der Waals surface area contributed by atoms with Gasteiger partial charge in [-0.25, -0.2) is 4.98 Å². The van der Waals surface area contributed by atoms with Crippen LogP contribution < -0.4 is 19.5 Å². The molecular formula is C18H25N3O4. The molecule has 0 aliphatic carbocycles. The number of rotatable bonds is 7. The highest BCUT2D eigenvalue weighted by molar-refractivity contribution is 5.98. The average molecular weight is 347 g/mol. The molecule has 0 radical (unpaired) electrons. The molecule has 0 aliphatic rings. The highest BCUT2D eigenvalue weighted by atomic mass is 16.5. The third kappa shape index (κ3) is 3.87. The molecule has 1 heterocycles. The molecule has 2 aromatic rings. The Morgan fingerprint density at radius 1 is 1.08 bits per heavy atom. The SMILES string of the molecule is COc1cc(OC)c(C(=O)N[C@@H](c2nccn2C)C(C)C)cc1OC. The minimum absolute atomic E-state index is 0.163. The number of hydrogen-bond acceptors (Lipinski definition) is 5. The van der Waals surface area contributed by atoms with E-state index in [2.05, 4.69) is 10.3 Å². The van der Waals surface area contributed by atoms with Gasteiger partial charge in [0.05, 0.1) is 32.9 Å². The number of aromatic nitrogens is 2. The van der Waals surface area contributed by atoms with Crippen molar-refractivity contribution in [3.8, 4) is 17.2 Å². The maximum Gasteiger partial charge on any atom is 0.255 e. The zero-order valence-electron chi connectivity index (χ0n) is 15.5. The molecule has 0 bridgehead atoms. The first-order valence-corrected chi connectivity index (χ1v) is 8.01. The number of carbonyl (C=O) groups excluding carboxylic acids is 1. The van der Waals surface area contributed by atoms with E-state index < -0.39 is 0 Å². The molecular weight excluding hydrogens is 322 g/mol. The molecule has 1 aromatic carbocycles. The zero-order chi connectivity index (χ0) is 18.6. The molecule has 1 N–H and O–H groups in total. The van der Waals surface area contributed by atoms with Crippen LogP contribution in [0.15, 0.2) is 24.5 Å². The van der Waals surface area contributed by atoms with Gasteiger partial charge in [0.25, 0.3) is 5.91 Å². The van der Waals surface area contributed by atoms with Crippen molar-refractivity contribution in [2.24, 2.45) is 13.0 Å². The van der Waals surface area contributed by atoms with E-state index in [-0.39, 0.29) is 17.9 Å². The van der Waals surface area contributed by atoms with Crippen LogP contribution in [0.1, 0.15) is 36.1 Å². The highest BCUT2D eigenvalue weighted by Gasteiger charge is 2.25. The molecule has 1 aromatic heterocycles. The van der Waals surface area contributed by atoms with Crippen molar-refractivity contribution in [2.45, 2.75) is 19.9 Å². The van der Waals surface area contributed by atoms with Crippen LogP contribution in [0.5, 0.6) is 17.2 Å². The summed E-state index contributed by atoms with van der Waals surface area (Å²) in [6, 6.07) is 3.02. The second-order valence-corrected chi connectivity index (χ2v) is 6.00. The maximum atomic E-state index is 12.9. The van der Waals surface area contributed by atoms with Crippen LogP contribution in [0.4, 0.5) is 0 Å². The van der Waals surface area contributed by atoms with Gasteiger partial charge in [-0.3, -0.25) is 4.79 Å². The van der Waals surface area contributed by atoms with E-state index in [4.69, 9.17) is 14.2 Å². The summed E-state index contributed by atoms with van der Waals surface area (Å²) >= 11 is 0. The van der Waals surface area contributed by atoms with Gasteiger partial charge in [0.1, 0.15) is 11.6 Å². The lowest BCUT2D eigenvalue weighted by Gasteiger charge is -2.23. The number of methoxy groups -OCH3 is 3. The number of carbonyl (C=O) groups is 1. The third-order valence-corrected chi connectivity index (χ3v) is 4.04. The third-order valence-electron chi connectivity index (χ3n) is 4.04. The van der Waals surface area contributed by atoms with Gasteiger partial charge in [0.15, 0.2) is 11.5 Å². The summed E-state index contributed by atoms with van der Waals surface area (Å²) in [6.45, 7) is 4.07. The van der Waals surface area contributed by atoms with Gasteiger partial charge in [-0.1, -0.05) is 13.8 Å². The van der Waals surface area contributed by atoms with E-state index >= 15 is 0 Å². The molecule has 2 rings (SSSR count). The Morgan fingerprint density at radius 3 is 2.16 bits per heavy atom.